The predicted molar refractivity (Wildman–Crippen MR) is 296 cm³/mol. The van der Waals surface area contributed by atoms with Crippen molar-refractivity contribution in [3.8, 4) is 95.5 Å². The van der Waals surface area contributed by atoms with E-state index in [1.54, 1.807) is 0 Å². The third kappa shape index (κ3) is 5.94. The van der Waals surface area contributed by atoms with Crippen LogP contribution in [0.5, 0.6) is 0 Å². The minimum absolute atomic E-state index is 0.260. The van der Waals surface area contributed by atoms with E-state index in [2.05, 4.69) is 237 Å². The van der Waals surface area contributed by atoms with Crippen molar-refractivity contribution in [3.05, 3.63) is 230 Å². The van der Waals surface area contributed by atoms with Gasteiger partial charge in [-0.2, -0.15) is 0 Å². The summed E-state index contributed by atoms with van der Waals surface area (Å²) in [6.45, 7) is 4.80. The molecular weight excluding hydrogens is 881 g/mol. The molecule has 3 aromatic heterocycles. The summed E-state index contributed by atoms with van der Waals surface area (Å²) in [5.41, 5.74) is 20.8. The van der Waals surface area contributed by atoms with Crippen LogP contribution < -0.4 is 0 Å². The van der Waals surface area contributed by atoms with Gasteiger partial charge in [-0.1, -0.05) is 172 Å². The largest absolute Gasteiger partial charge is 0.308 e. The van der Waals surface area contributed by atoms with Crippen LogP contribution in [0.25, 0.3) is 137 Å². The lowest BCUT2D eigenvalue weighted by atomic mass is 9.80. The van der Waals surface area contributed by atoms with E-state index in [4.69, 9.17) is 15.0 Å². The molecule has 1 aliphatic carbocycles. The van der Waals surface area contributed by atoms with Crippen LogP contribution in [-0.4, -0.2) is 19.5 Å². The maximum atomic E-state index is 5.53. The molecule has 332 valence electrons. The molecule has 13 aromatic rings. The van der Waals surface area contributed by atoms with Gasteiger partial charge in [0.05, 0.1) is 16.7 Å². The maximum absolute atomic E-state index is 5.53. The Hall–Kier alpha value is -8.77. The Morgan fingerprint density at radius 3 is 1.79 bits per heavy atom. The smallest absolute Gasteiger partial charge is 0.164 e. The average molecular weight is 923 g/mol. The maximum Gasteiger partial charge on any atom is 0.164 e. The molecule has 2 aliphatic rings. The van der Waals surface area contributed by atoms with Gasteiger partial charge in [0.1, 0.15) is 0 Å². The Morgan fingerprint density at radius 1 is 0.352 bits per heavy atom. The molecular formula is C66H42N4S. The second-order valence-corrected chi connectivity index (χ2v) is 20.6. The Kier molecular flexibility index (Phi) is 8.55. The molecule has 0 radical (unpaired) electrons. The van der Waals surface area contributed by atoms with Gasteiger partial charge >= 0.3 is 0 Å². The lowest BCUT2D eigenvalue weighted by Gasteiger charge is -2.24. The third-order valence-electron chi connectivity index (χ3n) is 15.2. The first kappa shape index (κ1) is 40.1. The van der Waals surface area contributed by atoms with Gasteiger partial charge in [-0.15, -0.1) is 11.3 Å². The predicted octanol–water partition coefficient (Wildman–Crippen LogP) is 17.6. The Bertz CT molecular complexity index is 4370. The van der Waals surface area contributed by atoms with Gasteiger partial charge in [0, 0.05) is 64.2 Å². The van der Waals surface area contributed by atoms with Gasteiger partial charge in [-0.05, 0) is 116 Å². The van der Waals surface area contributed by atoms with E-state index >= 15 is 0 Å². The van der Waals surface area contributed by atoms with Crippen LogP contribution in [0, 0.1) is 0 Å². The monoisotopic (exact) mass is 922 g/mol. The minimum Gasteiger partial charge on any atom is -0.308 e. The van der Waals surface area contributed by atoms with Crippen molar-refractivity contribution in [1.29, 1.82) is 0 Å². The topological polar surface area (TPSA) is 43.6 Å². The first-order valence-electron chi connectivity index (χ1n) is 24.3. The fourth-order valence-corrected chi connectivity index (χ4v) is 12.9. The molecule has 0 fully saturated rings. The number of para-hydroxylation sites is 2. The zero-order valence-corrected chi connectivity index (χ0v) is 39.8. The normalized spacial score (nSPS) is 13.0. The van der Waals surface area contributed by atoms with Crippen molar-refractivity contribution < 1.29 is 0 Å². The van der Waals surface area contributed by atoms with E-state index in [1.807, 2.05) is 11.3 Å². The summed E-state index contributed by atoms with van der Waals surface area (Å²) in [7, 11) is 0. The lowest BCUT2D eigenvalue weighted by molar-refractivity contribution is 0.661. The third-order valence-corrected chi connectivity index (χ3v) is 16.4. The fourth-order valence-electron chi connectivity index (χ4n) is 11.8. The van der Waals surface area contributed by atoms with Crippen LogP contribution >= 0.6 is 11.3 Å². The second kappa shape index (κ2) is 15.1. The van der Waals surface area contributed by atoms with Crippen LogP contribution in [0.1, 0.15) is 25.0 Å². The Balaban J connectivity index is 0.977. The number of fused-ring (bicyclic) bond motifs is 9. The van der Waals surface area contributed by atoms with Gasteiger partial charge in [-0.25, -0.2) is 15.0 Å². The van der Waals surface area contributed by atoms with E-state index < -0.39 is 0 Å². The lowest BCUT2D eigenvalue weighted by Crippen LogP contribution is -2.15. The van der Waals surface area contributed by atoms with Gasteiger partial charge < -0.3 is 4.57 Å². The molecule has 0 saturated carbocycles. The standard InChI is InChI=1S/C66H42N4S/c1-66(2)54-33-32-48-45-22-11-14-26-56(45)70-57-27-15-12-23-46(57)53-37-43(38-55(66)60(53)61(54)62(48)70)44-21-9-10-25-49(44)64-67-63(42-30-34-59-52(36-42)47-24-13-16-28-58(47)71-59)68-65(69-64)50-31-29-41(39-17-5-3-6-18-39)35-51(50)40-19-7-4-8-20-40/h3-38H,1-2H3. The van der Waals surface area contributed by atoms with Gasteiger partial charge in [0.15, 0.2) is 17.5 Å². The number of rotatable bonds is 6. The van der Waals surface area contributed by atoms with Crippen LogP contribution in [0.2, 0.25) is 0 Å². The van der Waals surface area contributed by atoms with Crippen molar-refractivity contribution in [2.45, 2.75) is 19.3 Å². The van der Waals surface area contributed by atoms with Gasteiger partial charge in [0.25, 0.3) is 0 Å². The van der Waals surface area contributed by atoms with Crippen molar-refractivity contribution in [1.82, 2.24) is 19.5 Å². The SMILES string of the molecule is CC1(C)c2cc(-c3ccccc3-c3nc(-c4ccc5sc6ccccc6c5c4)nc(-c4ccc(-c5ccccc5)cc4-c4ccccc4)n3)cc3c2-c2c1ccc1c4ccccc4n(c21)-c1ccccc1-3. The van der Waals surface area contributed by atoms with Crippen molar-refractivity contribution in [2.24, 2.45) is 0 Å². The summed E-state index contributed by atoms with van der Waals surface area (Å²) in [4.78, 5) is 16.5. The quantitative estimate of drug-likeness (QED) is 0.167. The minimum atomic E-state index is -0.260. The molecule has 4 heterocycles. The number of hydrogen-bond acceptors (Lipinski definition) is 4. The van der Waals surface area contributed by atoms with Crippen molar-refractivity contribution in [2.75, 3.05) is 0 Å². The van der Waals surface area contributed by atoms with Crippen LogP contribution in [0.4, 0.5) is 0 Å². The number of nitrogens with zero attached hydrogens (tertiary/aromatic N) is 4. The zero-order valence-electron chi connectivity index (χ0n) is 39.0. The summed E-state index contributed by atoms with van der Waals surface area (Å²) in [6.07, 6.45) is 0. The molecule has 0 N–H and O–H groups in total. The molecule has 15 rings (SSSR count). The van der Waals surface area contributed by atoms with E-state index in [-0.39, 0.29) is 5.41 Å². The molecule has 71 heavy (non-hydrogen) atoms. The van der Waals surface area contributed by atoms with Crippen LogP contribution in [0.3, 0.4) is 0 Å². The van der Waals surface area contributed by atoms with E-state index in [9.17, 15) is 0 Å². The first-order valence-corrected chi connectivity index (χ1v) is 25.2. The highest BCUT2D eigenvalue weighted by molar-refractivity contribution is 7.25. The number of hydrogen-bond donors (Lipinski definition) is 0. The van der Waals surface area contributed by atoms with Gasteiger partial charge in [-0.3, -0.25) is 0 Å². The molecule has 4 nitrogen and oxygen atoms in total. The number of aromatic nitrogens is 4. The average Bonchev–Trinajstić information content (AvgIpc) is 4.03. The molecule has 0 spiro atoms. The molecule has 0 bridgehead atoms. The zero-order chi connectivity index (χ0) is 47.0. The van der Waals surface area contributed by atoms with Crippen molar-refractivity contribution in [3.63, 3.8) is 0 Å². The van der Waals surface area contributed by atoms with E-state index in [0.29, 0.717) is 17.5 Å². The van der Waals surface area contributed by atoms with E-state index in [1.165, 1.54) is 81.0 Å². The molecule has 0 unspecified atom stereocenters. The highest BCUT2D eigenvalue weighted by Gasteiger charge is 2.41. The molecule has 0 atom stereocenters. The molecule has 0 amide bonds. The molecule has 0 saturated heterocycles. The second-order valence-electron chi connectivity index (χ2n) is 19.5. The van der Waals surface area contributed by atoms with Crippen LogP contribution in [0.15, 0.2) is 218 Å². The summed E-state index contributed by atoms with van der Waals surface area (Å²) in [6, 6.07) is 79.3. The summed E-state index contributed by atoms with van der Waals surface area (Å²) < 4.78 is 5.03. The Morgan fingerprint density at radius 2 is 0.972 bits per heavy atom. The molecule has 10 aromatic carbocycles. The summed E-state index contributed by atoms with van der Waals surface area (Å²) >= 11 is 1.82. The molecule has 5 heteroatoms. The first-order chi connectivity index (χ1) is 35.0. The number of benzene rings is 10. The highest BCUT2D eigenvalue weighted by Crippen LogP contribution is 2.59. The fraction of sp³-hybridized carbons (Fsp3) is 0.0455. The highest BCUT2D eigenvalue weighted by atomic mass is 32.1. The van der Waals surface area contributed by atoms with Crippen molar-refractivity contribution >= 4 is 53.3 Å². The Labute approximate surface area is 414 Å². The van der Waals surface area contributed by atoms with Gasteiger partial charge in [0.2, 0.25) is 0 Å². The summed E-state index contributed by atoms with van der Waals surface area (Å²) in [5.74, 6) is 1.88. The molecule has 1 aliphatic heterocycles. The number of thiophene rings is 1. The van der Waals surface area contributed by atoms with E-state index in [0.717, 1.165) is 50.1 Å². The van der Waals surface area contributed by atoms with Crippen LogP contribution in [-0.2, 0) is 5.41 Å². The summed E-state index contributed by atoms with van der Waals surface area (Å²) in [5, 5.41) is 5.01.